The first-order valence-electron chi connectivity index (χ1n) is 9.38. The summed E-state index contributed by atoms with van der Waals surface area (Å²) >= 11 is 6.53. The molecular weight excluding hydrogens is 434 g/mol. The number of hydrogen-bond acceptors (Lipinski definition) is 7. The van der Waals surface area contributed by atoms with Gasteiger partial charge in [0, 0.05) is 13.2 Å². The highest BCUT2D eigenvalue weighted by Gasteiger charge is 2.31. The van der Waals surface area contributed by atoms with Crippen LogP contribution >= 0.6 is 24.0 Å². The number of carbonyl (C=O) groups excluding carboxylic acids is 2. The topological polar surface area (TPSA) is 65.1 Å². The second kappa shape index (κ2) is 10.9. The summed E-state index contributed by atoms with van der Waals surface area (Å²) in [5.41, 5.74) is 1.66. The molecule has 1 saturated heterocycles. The highest BCUT2D eigenvalue weighted by atomic mass is 32.2. The van der Waals surface area contributed by atoms with E-state index in [2.05, 4.69) is 0 Å². The Bertz CT molecular complexity index is 1010. The van der Waals surface area contributed by atoms with Gasteiger partial charge in [0.15, 0.2) is 0 Å². The average molecular weight is 456 g/mol. The molecule has 0 aromatic heterocycles. The van der Waals surface area contributed by atoms with Crippen molar-refractivity contribution >= 4 is 52.3 Å². The Morgan fingerprint density at radius 2 is 1.68 bits per heavy atom. The molecule has 0 spiro atoms. The molecule has 1 aliphatic rings. The fourth-order valence-corrected chi connectivity index (χ4v) is 4.00. The van der Waals surface area contributed by atoms with Crippen LogP contribution in [0.4, 0.5) is 0 Å². The minimum absolute atomic E-state index is 0.133. The van der Waals surface area contributed by atoms with E-state index in [4.69, 9.17) is 26.4 Å². The Hall–Kier alpha value is -2.94. The third-order valence-electron chi connectivity index (χ3n) is 4.32. The summed E-state index contributed by atoms with van der Waals surface area (Å²) in [7, 11) is 3.18. The van der Waals surface area contributed by atoms with Crippen molar-refractivity contribution in [3.8, 4) is 11.5 Å². The van der Waals surface area contributed by atoms with E-state index in [0.717, 1.165) is 16.9 Å². The smallest absolute Gasteiger partial charge is 0.336 e. The molecule has 0 atom stereocenters. The number of rotatable bonds is 8. The van der Waals surface area contributed by atoms with Crippen LogP contribution in [0.1, 0.15) is 11.1 Å². The number of esters is 1. The molecule has 0 N–H and O–H groups in total. The molecule has 0 aliphatic carbocycles. The maximum atomic E-state index is 12.5. The van der Waals surface area contributed by atoms with Gasteiger partial charge in [0.1, 0.15) is 15.8 Å². The molecule has 0 unspecified atom stereocenters. The Morgan fingerprint density at radius 1 is 1.03 bits per heavy atom. The van der Waals surface area contributed by atoms with E-state index < -0.39 is 5.97 Å². The van der Waals surface area contributed by atoms with Crippen LogP contribution in [0.2, 0.25) is 0 Å². The standard InChI is InChI=1S/C23H21NO5S2/c1-27-14-13-24-22(26)20(31-23(24)30)15-17-5-10-19(11-6-17)29-21(25)12-7-16-3-8-18(28-2)9-4-16/h3-12,15H,13-14H2,1-2H3. The van der Waals surface area contributed by atoms with E-state index in [9.17, 15) is 9.59 Å². The second-order valence-electron chi connectivity index (χ2n) is 6.42. The Morgan fingerprint density at radius 3 is 2.32 bits per heavy atom. The summed E-state index contributed by atoms with van der Waals surface area (Å²) in [6, 6.07) is 14.2. The van der Waals surface area contributed by atoms with Gasteiger partial charge in [0.05, 0.1) is 25.2 Å². The Balaban J connectivity index is 1.59. The summed E-state index contributed by atoms with van der Waals surface area (Å²) in [5, 5.41) is 0. The van der Waals surface area contributed by atoms with Crippen LogP contribution in [0.25, 0.3) is 12.2 Å². The van der Waals surface area contributed by atoms with Crippen molar-refractivity contribution in [2.75, 3.05) is 27.4 Å². The van der Waals surface area contributed by atoms with Gasteiger partial charge in [-0.3, -0.25) is 9.69 Å². The van der Waals surface area contributed by atoms with Gasteiger partial charge in [-0.1, -0.05) is 48.2 Å². The first-order valence-corrected chi connectivity index (χ1v) is 10.6. The molecule has 1 heterocycles. The van der Waals surface area contributed by atoms with Crippen LogP contribution < -0.4 is 9.47 Å². The van der Waals surface area contributed by atoms with Crippen LogP contribution in [-0.2, 0) is 14.3 Å². The third kappa shape index (κ3) is 6.27. The summed E-state index contributed by atoms with van der Waals surface area (Å²) in [5.74, 6) is 0.542. The maximum Gasteiger partial charge on any atom is 0.336 e. The van der Waals surface area contributed by atoms with Crippen LogP contribution in [0.5, 0.6) is 11.5 Å². The molecule has 6 nitrogen and oxygen atoms in total. The molecule has 2 aromatic rings. The number of amides is 1. The van der Waals surface area contributed by atoms with Crippen molar-refractivity contribution in [3.63, 3.8) is 0 Å². The molecule has 0 bridgehead atoms. The van der Waals surface area contributed by atoms with Gasteiger partial charge in [-0.2, -0.15) is 0 Å². The molecule has 0 radical (unpaired) electrons. The molecule has 2 aromatic carbocycles. The normalized spacial score (nSPS) is 15.2. The zero-order valence-electron chi connectivity index (χ0n) is 17.1. The lowest BCUT2D eigenvalue weighted by molar-refractivity contribution is -0.129. The first-order chi connectivity index (χ1) is 15.0. The number of thiocarbonyl (C=S) groups is 1. The Labute approximate surface area is 190 Å². The number of benzene rings is 2. The number of carbonyl (C=O) groups is 2. The van der Waals surface area contributed by atoms with E-state index in [1.54, 1.807) is 50.6 Å². The van der Waals surface area contributed by atoms with Gasteiger partial charge >= 0.3 is 5.97 Å². The van der Waals surface area contributed by atoms with Gasteiger partial charge in [-0.15, -0.1) is 0 Å². The molecule has 1 amide bonds. The molecular formula is C23H21NO5S2. The van der Waals surface area contributed by atoms with Crippen molar-refractivity contribution < 1.29 is 23.8 Å². The van der Waals surface area contributed by atoms with E-state index in [1.165, 1.54) is 22.7 Å². The molecule has 1 fully saturated rings. The molecule has 0 saturated carbocycles. The molecule has 8 heteroatoms. The van der Waals surface area contributed by atoms with Gasteiger partial charge in [-0.25, -0.2) is 4.79 Å². The van der Waals surface area contributed by atoms with Crippen LogP contribution in [0.15, 0.2) is 59.5 Å². The lowest BCUT2D eigenvalue weighted by Crippen LogP contribution is -2.31. The third-order valence-corrected chi connectivity index (χ3v) is 5.69. The second-order valence-corrected chi connectivity index (χ2v) is 8.10. The van der Waals surface area contributed by atoms with Gasteiger partial charge in [0.25, 0.3) is 5.91 Å². The zero-order chi connectivity index (χ0) is 22.2. The maximum absolute atomic E-state index is 12.5. The Kier molecular flexibility index (Phi) is 8.00. The summed E-state index contributed by atoms with van der Waals surface area (Å²) < 4.78 is 16.0. The van der Waals surface area contributed by atoms with Crippen molar-refractivity contribution in [2.45, 2.75) is 0 Å². The van der Waals surface area contributed by atoms with Gasteiger partial charge in [-0.05, 0) is 47.5 Å². The SMILES string of the molecule is COCCN1C(=O)C(=Cc2ccc(OC(=O)C=Cc3ccc(OC)cc3)cc2)SC1=S. The fraction of sp³-hybridized carbons (Fsp3) is 0.174. The van der Waals surface area contributed by atoms with E-state index in [0.29, 0.717) is 28.1 Å². The lowest BCUT2D eigenvalue weighted by atomic mass is 10.2. The van der Waals surface area contributed by atoms with Crippen molar-refractivity contribution in [1.82, 2.24) is 4.90 Å². The minimum atomic E-state index is -0.484. The highest BCUT2D eigenvalue weighted by molar-refractivity contribution is 8.26. The van der Waals surface area contributed by atoms with E-state index in [-0.39, 0.29) is 5.91 Å². The number of ether oxygens (including phenoxy) is 3. The fourth-order valence-electron chi connectivity index (χ4n) is 2.69. The van der Waals surface area contributed by atoms with Crippen molar-refractivity contribution in [1.29, 1.82) is 0 Å². The molecule has 1 aliphatic heterocycles. The predicted molar refractivity (Wildman–Crippen MR) is 126 cm³/mol. The first kappa shape index (κ1) is 22.7. The number of thioether (sulfide) groups is 1. The summed E-state index contributed by atoms with van der Waals surface area (Å²) in [4.78, 5) is 26.6. The van der Waals surface area contributed by atoms with Gasteiger partial charge < -0.3 is 14.2 Å². The summed E-state index contributed by atoms with van der Waals surface area (Å²) in [6.07, 6.45) is 4.80. The monoisotopic (exact) mass is 455 g/mol. The van der Waals surface area contributed by atoms with Crippen LogP contribution in [0, 0.1) is 0 Å². The number of nitrogens with zero attached hydrogens (tertiary/aromatic N) is 1. The minimum Gasteiger partial charge on any atom is -0.497 e. The number of hydrogen-bond donors (Lipinski definition) is 0. The number of methoxy groups -OCH3 is 2. The molecule has 3 rings (SSSR count). The van der Waals surface area contributed by atoms with Gasteiger partial charge in [0.2, 0.25) is 0 Å². The molecule has 160 valence electrons. The summed E-state index contributed by atoms with van der Waals surface area (Å²) in [6.45, 7) is 0.851. The van der Waals surface area contributed by atoms with Crippen molar-refractivity contribution in [3.05, 3.63) is 70.6 Å². The zero-order valence-corrected chi connectivity index (χ0v) is 18.7. The van der Waals surface area contributed by atoms with Crippen LogP contribution in [-0.4, -0.2) is 48.5 Å². The van der Waals surface area contributed by atoms with E-state index >= 15 is 0 Å². The lowest BCUT2D eigenvalue weighted by Gasteiger charge is -2.12. The van der Waals surface area contributed by atoms with Crippen LogP contribution in [0.3, 0.4) is 0 Å². The van der Waals surface area contributed by atoms with E-state index in [1.807, 2.05) is 24.3 Å². The largest absolute Gasteiger partial charge is 0.497 e. The van der Waals surface area contributed by atoms with Crippen molar-refractivity contribution in [2.24, 2.45) is 0 Å². The quantitative estimate of drug-likeness (QED) is 0.256. The molecule has 31 heavy (non-hydrogen) atoms. The average Bonchev–Trinajstić information content (AvgIpc) is 3.04. The highest BCUT2D eigenvalue weighted by Crippen LogP contribution is 2.32. The predicted octanol–water partition coefficient (Wildman–Crippen LogP) is 4.16.